The van der Waals surface area contributed by atoms with E-state index in [4.69, 9.17) is 9.47 Å². The summed E-state index contributed by atoms with van der Waals surface area (Å²) in [5.41, 5.74) is 2.12. The molecule has 6 nitrogen and oxygen atoms in total. The first-order valence-electron chi connectivity index (χ1n) is 8.72. The molecule has 0 aromatic heterocycles. The first-order chi connectivity index (χ1) is 12.9. The van der Waals surface area contributed by atoms with Gasteiger partial charge >= 0.3 is 5.97 Å². The molecule has 27 heavy (non-hydrogen) atoms. The van der Waals surface area contributed by atoms with Gasteiger partial charge in [-0.3, -0.25) is 9.59 Å². The second kappa shape index (κ2) is 9.52. The molecular formula is C21H23NO5. The number of nitrogens with one attached hydrogen (secondary N) is 1. The monoisotopic (exact) mass is 369 g/mol. The molecule has 0 heterocycles. The number of anilines is 1. The molecule has 2 aromatic carbocycles. The Kier molecular flexibility index (Phi) is 7.11. The first-order valence-corrected chi connectivity index (χ1v) is 8.72. The fourth-order valence-corrected chi connectivity index (χ4v) is 2.31. The van der Waals surface area contributed by atoms with Gasteiger partial charge in [0.25, 0.3) is 5.91 Å². The van der Waals surface area contributed by atoms with Crippen LogP contribution < -0.4 is 10.1 Å². The molecule has 0 bridgehead atoms. The molecule has 2 rings (SSSR count). The number of carbonyl (C=O) groups excluding carboxylic acids is 3. The molecule has 0 fully saturated rings. The van der Waals surface area contributed by atoms with Crippen LogP contribution in [0.1, 0.15) is 36.7 Å². The zero-order chi connectivity index (χ0) is 19.8. The standard InChI is InChI=1S/C21H23NO5/c1-4-16-8-10-19(11-9-16)26-13-20(24)27-15(3)21(25)22-18-7-5-6-17(12-18)14(2)23/h5-12,15H,4,13H2,1-3H3,(H,22,25)/t15-/m0/s1. The molecule has 2 aromatic rings. The van der Waals surface area contributed by atoms with Crippen molar-refractivity contribution in [1.82, 2.24) is 0 Å². The molecule has 142 valence electrons. The average Bonchev–Trinajstić information content (AvgIpc) is 2.66. The number of ketones is 1. The summed E-state index contributed by atoms with van der Waals surface area (Å²) in [5.74, 6) is -0.678. The zero-order valence-electron chi connectivity index (χ0n) is 15.7. The number of benzene rings is 2. The lowest BCUT2D eigenvalue weighted by molar-refractivity contribution is -0.155. The summed E-state index contributed by atoms with van der Waals surface area (Å²) in [6, 6.07) is 14.0. The van der Waals surface area contributed by atoms with Crippen LogP contribution in [0.3, 0.4) is 0 Å². The van der Waals surface area contributed by atoms with E-state index in [0.717, 1.165) is 6.42 Å². The molecule has 1 N–H and O–H groups in total. The van der Waals surface area contributed by atoms with Gasteiger partial charge in [0, 0.05) is 11.3 Å². The van der Waals surface area contributed by atoms with Crippen molar-refractivity contribution in [2.45, 2.75) is 33.3 Å². The lowest BCUT2D eigenvalue weighted by Gasteiger charge is -2.14. The topological polar surface area (TPSA) is 81.7 Å². The van der Waals surface area contributed by atoms with Crippen molar-refractivity contribution in [2.24, 2.45) is 0 Å². The molecule has 0 aliphatic carbocycles. The number of carbonyl (C=O) groups is 3. The Balaban J connectivity index is 1.83. The molecule has 0 aliphatic heterocycles. The molecule has 0 spiro atoms. The van der Waals surface area contributed by atoms with Crippen molar-refractivity contribution in [1.29, 1.82) is 0 Å². The van der Waals surface area contributed by atoms with E-state index in [9.17, 15) is 14.4 Å². The Bertz CT molecular complexity index is 814. The van der Waals surface area contributed by atoms with Gasteiger partial charge in [0.15, 0.2) is 18.5 Å². The van der Waals surface area contributed by atoms with Gasteiger partial charge in [-0.25, -0.2) is 4.79 Å². The summed E-state index contributed by atoms with van der Waals surface area (Å²) in [5, 5.41) is 2.62. The third kappa shape index (κ3) is 6.26. The van der Waals surface area contributed by atoms with Crippen molar-refractivity contribution in [3.63, 3.8) is 0 Å². The number of hydrogen-bond acceptors (Lipinski definition) is 5. The highest BCUT2D eigenvalue weighted by atomic mass is 16.6. The SMILES string of the molecule is CCc1ccc(OCC(=O)O[C@@H](C)C(=O)Nc2cccc(C(C)=O)c2)cc1. The van der Waals surface area contributed by atoms with Crippen LogP contribution in [0.15, 0.2) is 48.5 Å². The summed E-state index contributed by atoms with van der Waals surface area (Å²) >= 11 is 0. The van der Waals surface area contributed by atoms with Gasteiger partial charge in [0.05, 0.1) is 0 Å². The van der Waals surface area contributed by atoms with Crippen LogP contribution in [0.25, 0.3) is 0 Å². The fourth-order valence-electron chi connectivity index (χ4n) is 2.31. The lowest BCUT2D eigenvalue weighted by Crippen LogP contribution is -2.31. The molecule has 6 heteroatoms. The normalized spacial score (nSPS) is 11.4. The third-order valence-corrected chi connectivity index (χ3v) is 3.90. The second-order valence-electron chi connectivity index (χ2n) is 6.04. The van der Waals surface area contributed by atoms with E-state index in [0.29, 0.717) is 17.0 Å². The maximum absolute atomic E-state index is 12.2. The fraction of sp³-hybridized carbons (Fsp3) is 0.286. The molecule has 0 radical (unpaired) electrons. The average molecular weight is 369 g/mol. The first kappa shape index (κ1) is 20.2. The van der Waals surface area contributed by atoms with E-state index in [-0.39, 0.29) is 12.4 Å². The highest BCUT2D eigenvalue weighted by Gasteiger charge is 2.18. The number of esters is 1. The van der Waals surface area contributed by atoms with E-state index < -0.39 is 18.0 Å². The summed E-state index contributed by atoms with van der Waals surface area (Å²) in [6.07, 6.45) is -0.0749. The maximum Gasteiger partial charge on any atom is 0.344 e. The van der Waals surface area contributed by atoms with Crippen LogP contribution in [-0.2, 0) is 20.7 Å². The van der Waals surface area contributed by atoms with Gasteiger partial charge in [-0.1, -0.05) is 31.2 Å². The van der Waals surface area contributed by atoms with Crippen LogP contribution in [0.4, 0.5) is 5.69 Å². The number of amides is 1. The number of ether oxygens (including phenoxy) is 2. The van der Waals surface area contributed by atoms with Crippen molar-refractivity contribution in [3.05, 3.63) is 59.7 Å². The Hall–Kier alpha value is -3.15. The van der Waals surface area contributed by atoms with E-state index in [1.54, 1.807) is 36.4 Å². The van der Waals surface area contributed by atoms with Gasteiger partial charge < -0.3 is 14.8 Å². The van der Waals surface area contributed by atoms with Gasteiger partial charge in [-0.15, -0.1) is 0 Å². The van der Waals surface area contributed by atoms with Crippen LogP contribution in [0, 0.1) is 0 Å². The number of aryl methyl sites for hydroxylation is 1. The van der Waals surface area contributed by atoms with Gasteiger partial charge in [-0.05, 0) is 50.1 Å². The number of Topliss-reactive ketones (excluding diaryl/α,β-unsaturated/α-hetero) is 1. The molecule has 0 aliphatic rings. The van der Waals surface area contributed by atoms with Gasteiger partial charge in [0.2, 0.25) is 0 Å². The minimum atomic E-state index is -0.996. The van der Waals surface area contributed by atoms with Gasteiger partial charge in [0.1, 0.15) is 5.75 Å². The van der Waals surface area contributed by atoms with Crippen molar-refractivity contribution < 1.29 is 23.9 Å². The Morgan fingerprint density at radius 2 is 1.78 bits per heavy atom. The second-order valence-corrected chi connectivity index (χ2v) is 6.04. The van der Waals surface area contributed by atoms with E-state index in [2.05, 4.69) is 12.2 Å². The predicted octanol–water partition coefficient (Wildman–Crippen LogP) is 3.40. The summed E-state index contributed by atoms with van der Waals surface area (Å²) in [4.78, 5) is 35.4. The molecule has 1 atom stereocenters. The van der Waals surface area contributed by atoms with E-state index in [1.165, 1.54) is 19.4 Å². The summed E-state index contributed by atoms with van der Waals surface area (Å²) < 4.78 is 10.5. The van der Waals surface area contributed by atoms with Crippen LogP contribution in [0.5, 0.6) is 5.75 Å². The summed E-state index contributed by atoms with van der Waals surface area (Å²) in [7, 11) is 0. The third-order valence-electron chi connectivity index (χ3n) is 3.90. The lowest BCUT2D eigenvalue weighted by atomic mass is 10.1. The minimum absolute atomic E-state index is 0.102. The van der Waals surface area contributed by atoms with Crippen LogP contribution >= 0.6 is 0 Å². The largest absolute Gasteiger partial charge is 0.482 e. The van der Waals surface area contributed by atoms with Gasteiger partial charge in [-0.2, -0.15) is 0 Å². The molecule has 0 saturated carbocycles. The zero-order valence-corrected chi connectivity index (χ0v) is 15.7. The smallest absolute Gasteiger partial charge is 0.344 e. The summed E-state index contributed by atoms with van der Waals surface area (Å²) in [6.45, 7) is 4.68. The van der Waals surface area contributed by atoms with E-state index in [1.807, 2.05) is 12.1 Å². The highest BCUT2D eigenvalue weighted by molar-refractivity contribution is 5.98. The molecule has 1 amide bonds. The van der Waals surface area contributed by atoms with Crippen LogP contribution in [-0.4, -0.2) is 30.4 Å². The highest BCUT2D eigenvalue weighted by Crippen LogP contribution is 2.14. The number of rotatable bonds is 8. The Labute approximate surface area is 158 Å². The Morgan fingerprint density at radius 1 is 1.07 bits per heavy atom. The quantitative estimate of drug-likeness (QED) is 0.570. The predicted molar refractivity (Wildman–Crippen MR) is 102 cm³/mol. The van der Waals surface area contributed by atoms with E-state index >= 15 is 0 Å². The molecule has 0 unspecified atom stereocenters. The van der Waals surface area contributed by atoms with Crippen LogP contribution in [0.2, 0.25) is 0 Å². The van der Waals surface area contributed by atoms with Crippen molar-refractivity contribution in [3.8, 4) is 5.75 Å². The molecule has 0 saturated heterocycles. The van der Waals surface area contributed by atoms with Crippen molar-refractivity contribution >= 4 is 23.3 Å². The maximum atomic E-state index is 12.2. The number of hydrogen-bond donors (Lipinski definition) is 1. The Morgan fingerprint density at radius 3 is 2.41 bits per heavy atom. The van der Waals surface area contributed by atoms with Crippen molar-refractivity contribution in [2.75, 3.05) is 11.9 Å². The minimum Gasteiger partial charge on any atom is -0.482 e. The molecular weight excluding hydrogens is 346 g/mol.